The third-order valence-electron chi connectivity index (χ3n) is 6.03. The van der Waals surface area contributed by atoms with E-state index in [-0.39, 0.29) is 24.6 Å². The van der Waals surface area contributed by atoms with Crippen molar-refractivity contribution in [2.75, 3.05) is 23.9 Å². The summed E-state index contributed by atoms with van der Waals surface area (Å²) in [6.07, 6.45) is 5.66. The standard InChI is InChI=1S/C27H26N6O2S/c1-18-8-13-23(29-16-18)32-15-5-7-22(32)26-25(21-6-3-4-14-28-21)31-27(36)33(26)20-11-9-19(10-12-20)30-24(34)17-35-2/h3-16,25-26H,17H2,1-2H3,(H,30,34)(H,31,36)/t25-,26+/m1/s1. The first-order valence-corrected chi connectivity index (χ1v) is 12.0. The SMILES string of the molecule is COCC(=O)Nc1ccc(N2C(=S)N[C@H](c3ccccn3)[C@@H]2c2cccn2-c2ccc(C)cn2)cc1. The summed E-state index contributed by atoms with van der Waals surface area (Å²) >= 11 is 5.84. The number of nitrogens with zero attached hydrogens (tertiary/aromatic N) is 4. The van der Waals surface area contributed by atoms with Gasteiger partial charge < -0.3 is 24.8 Å². The van der Waals surface area contributed by atoms with E-state index in [0.29, 0.717) is 10.8 Å². The molecule has 9 heteroatoms. The molecular formula is C27H26N6O2S. The van der Waals surface area contributed by atoms with Gasteiger partial charge in [-0.05, 0) is 79.3 Å². The van der Waals surface area contributed by atoms with E-state index >= 15 is 0 Å². The molecule has 8 nitrogen and oxygen atoms in total. The Hall–Kier alpha value is -4.08. The van der Waals surface area contributed by atoms with Crippen molar-refractivity contribution >= 4 is 34.6 Å². The van der Waals surface area contributed by atoms with Gasteiger partial charge in [0.15, 0.2) is 5.11 Å². The Kier molecular flexibility index (Phi) is 6.75. The number of thiocarbonyl (C=S) groups is 1. The van der Waals surface area contributed by atoms with Crippen molar-refractivity contribution in [2.24, 2.45) is 0 Å². The summed E-state index contributed by atoms with van der Waals surface area (Å²) in [5, 5.41) is 6.90. The second-order valence-corrected chi connectivity index (χ2v) is 8.91. The molecule has 0 aliphatic carbocycles. The van der Waals surface area contributed by atoms with E-state index in [9.17, 15) is 4.79 Å². The first-order chi connectivity index (χ1) is 17.5. The van der Waals surface area contributed by atoms with E-state index in [1.807, 2.05) is 80.0 Å². The van der Waals surface area contributed by atoms with Crippen LogP contribution in [0.1, 0.15) is 29.0 Å². The number of aryl methyl sites for hydroxylation is 1. The molecule has 36 heavy (non-hydrogen) atoms. The van der Waals surface area contributed by atoms with Gasteiger partial charge in [0.1, 0.15) is 18.5 Å². The van der Waals surface area contributed by atoms with Crippen LogP contribution in [0, 0.1) is 6.92 Å². The zero-order valence-corrected chi connectivity index (χ0v) is 20.8. The average molecular weight is 499 g/mol. The molecular weight excluding hydrogens is 472 g/mol. The molecule has 1 aromatic carbocycles. The molecule has 1 aliphatic heterocycles. The van der Waals surface area contributed by atoms with E-state index in [2.05, 4.69) is 36.1 Å². The van der Waals surface area contributed by atoms with Gasteiger partial charge in [-0.25, -0.2) is 4.98 Å². The topological polar surface area (TPSA) is 84.3 Å². The summed E-state index contributed by atoms with van der Waals surface area (Å²) in [7, 11) is 1.49. The lowest BCUT2D eigenvalue weighted by molar-refractivity contribution is -0.119. The zero-order chi connectivity index (χ0) is 25.1. The molecule has 2 atom stereocenters. The Labute approximate surface area is 215 Å². The molecule has 4 heterocycles. The van der Waals surface area contributed by atoms with Crippen molar-refractivity contribution in [1.29, 1.82) is 0 Å². The van der Waals surface area contributed by atoms with E-state index in [1.54, 1.807) is 6.20 Å². The quantitative estimate of drug-likeness (QED) is 0.367. The van der Waals surface area contributed by atoms with E-state index in [1.165, 1.54) is 7.11 Å². The van der Waals surface area contributed by atoms with E-state index < -0.39 is 0 Å². The fourth-order valence-corrected chi connectivity index (χ4v) is 4.76. The lowest BCUT2D eigenvalue weighted by Gasteiger charge is -2.29. The molecule has 1 fully saturated rings. The van der Waals surface area contributed by atoms with Gasteiger partial charge in [0.2, 0.25) is 5.91 Å². The van der Waals surface area contributed by atoms with Crippen molar-refractivity contribution in [2.45, 2.75) is 19.0 Å². The van der Waals surface area contributed by atoms with Gasteiger partial charge in [-0.1, -0.05) is 12.1 Å². The summed E-state index contributed by atoms with van der Waals surface area (Å²) < 4.78 is 6.98. The predicted octanol–water partition coefficient (Wildman–Crippen LogP) is 4.34. The maximum Gasteiger partial charge on any atom is 0.250 e. The van der Waals surface area contributed by atoms with Gasteiger partial charge in [0, 0.05) is 42.8 Å². The zero-order valence-electron chi connectivity index (χ0n) is 20.0. The van der Waals surface area contributed by atoms with Gasteiger partial charge in [-0.15, -0.1) is 0 Å². The Balaban J connectivity index is 1.55. The number of pyridine rings is 2. The highest BCUT2D eigenvalue weighted by molar-refractivity contribution is 7.80. The van der Waals surface area contributed by atoms with Crippen molar-refractivity contribution in [3.05, 3.63) is 102 Å². The normalized spacial score (nSPS) is 17.2. The fraction of sp³-hybridized carbons (Fsp3) is 0.185. The lowest BCUT2D eigenvalue weighted by atomic mass is 10.0. The third-order valence-corrected chi connectivity index (χ3v) is 6.34. The van der Waals surface area contributed by atoms with E-state index in [4.69, 9.17) is 17.0 Å². The van der Waals surface area contributed by atoms with Gasteiger partial charge in [0.05, 0.1) is 11.7 Å². The molecule has 2 N–H and O–H groups in total. The minimum absolute atomic E-state index is 0.000250. The number of anilines is 2. The molecule has 3 aromatic heterocycles. The van der Waals surface area contributed by atoms with Crippen molar-refractivity contribution in [1.82, 2.24) is 19.9 Å². The van der Waals surface area contributed by atoms with Crippen molar-refractivity contribution in [3.63, 3.8) is 0 Å². The van der Waals surface area contributed by atoms with Crippen molar-refractivity contribution in [3.8, 4) is 5.82 Å². The number of hydrogen-bond acceptors (Lipinski definition) is 5. The molecule has 4 aromatic rings. The minimum Gasteiger partial charge on any atom is -0.375 e. The monoisotopic (exact) mass is 498 g/mol. The molecule has 1 aliphatic rings. The van der Waals surface area contributed by atoms with Crippen LogP contribution < -0.4 is 15.5 Å². The van der Waals surface area contributed by atoms with Crippen LogP contribution in [0.4, 0.5) is 11.4 Å². The number of nitrogens with one attached hydrogen (secondary N) is 2. The maximum absolute atomic E-state index is 11.9. The van der Waals surface area contributed by atoms with Crippen LogP contribution in [0.2, 0.25) is 0 Å². The number of benzene rings is 1. The molecule has 0 saturated carbocycles. The molecule has 0 unspecified atom stereocenters. The van der Waals surface area contributed by atoms with Gasteiger partial charge in [-0.3, -0.25) is 9.78 Å². The average Bonchev–Trinajstić information content (AvgIpc) is 3.50. The van der Waals surface area contributed by atoms with Crippen LogP contribution in [0.3, 0.4) is 0 Å². The second kappa shape index (κ2) is 10.3. The molecule has 1 saturated heterocycles. The summed E-state index contributed by atoms with van der Waals surface area (Å²) in [5.41, 5.74) is 4.59. The first-order valence-electron chi connectivity index (χ1n) is 11.5. The number of ether oxygens (including phenoxy) is 1. The predicted molar refractivity (Wildman–Crippen MR) is 143 cm³/mol. The Morgan fingerprint density at radius 2 is 1.92 bits per heavy atom. The van der Waals surface area contributed by atoms with Gasteiger partial charge in [-0.2, -0.15) is 0 Å². The molecule has 182 valence electrons. The Morgan fingerprint density at radius 3 is 2.61 bits per heavy atom. The number of hydrogen-bond donors (Lipinski definition) is 2. The number of rotatable bonds is 7. The first kappa shape index (κ1) is 23.7. The van der Waals surface area contributed by atoms with Gasteiger partial charge in [0.25, 0.3) is 0 Å². The Morgan fingerprint density at radius 1 is 1.08 bits per heavy atom. The number of aromatic nitrogens is 3. The maximum atomic E-state index is 11.9. The molecule has 1 amide bonds. The molecule has 5 rings (SSSR count). The van der Waals surface area contributed by atoms with Crippen LogP contribution in [-0.4, -0.2) is 39.3 Å². The van der Waals surface area contributed by atoms with Crippen LogP contribution >= 0.6 is 12.2 Å². The van der Waals surface area contributed by atoms with Crippen LogP contribution in [0.15, 0.2) is 85.3 Å². The minimum atomic E-state index is -0.208. The number of carbonyl (C=O) groups is 1. The molecule has 0 radical (unpaired) electrons. The number of carbonyl (C=O) groups excluding carboxylic acids is 1. The number of amides is 1. The summed E-state index contributed by atoms with van der Waals surface area (Å²) in [6, 6.07) is 21.3. The summed E-state index contributed by atoms with van der Waals surface area (Å²) in [4.78, 5) is 23.3. The van der Waals surface area contributed by atoms with E-state index in [0.717, 1.165) is 28.5 Å². The Bertz CT molecular complexity index is 1360. The summed E-state index contributed by atoms with van der Waals surface area (Å²) in [6.45, 7) is 2.02. The second-order valence-electron chi connectivity index (χ2n) is 8.52. The largest absolute Gasteiger partial charge is 0.375 e. The molecule has 0 spiro atoms. The highest BCUT2D eigenvalue weighted by Crippen LogP contribution is 2.42. The van der Waals surface area contributed by atoms with Crippen molar-refractivity contribution < 1.29 is 9.53 Å². The highest BCUT2D eigenvalue weighted by Gasteiger charge is 2.42. The highest BCUT2D eigenvalue weighted by atomic mass is 32.1. The lowest BCUT2D eigenvalue weighted by Crippen LogP contribution is -2.30. The molecule has 0 bridgehead atoms. The fourth-order valence-electron chi connectivity index (χ4n) is 4.41. The van der Waals surface area contributed by atoms with Gasteiger partial charge >= 0.3 is 0 Å². The van der Waals surface area contributed by atoms with Crippen LogP contribution in [0.5, 0.6) is 0 Å². The summed E-state index contributed by atoms with van der Waals surface area (Å²) in [5.74, 6) is 0.620. The van der Waals surface area contributed by atoms with Crippen LogP contribution in [-0.2, 0) is 9.53 Å². The smallest absolute Gasteiger partial charge is 0.250 e. The third kappa shape index (κ3) is 4.71. The number of methoxy groups -OCH3 is 1. The van der Waals surface area contributed by atoms with Crippen LogP contribution in [0.25, 0.3) is 5.82 Å².